The Morgan fingerprint density at radius 3 is 2.26 bits per heavy atom. The topological polar surface area (TPSA) is 12.9 Å². The van der Waals surface area contributed by atoms with Crippen LogP contribution in [0.1, 0.15) is 16.7 Å². The summed E-state index contributed by atoms with van der Waals surface area (Å²) in [4.78, 5) is 4.81. The number of nitrogens with zero attached hydrogens (tertiary/aromatic N) is 1. The molecule has 0 unspecified atom stereocenters. The van der Waals surface area contributed by atoms with Gasteiger partial charge in [-0.05, 0) is 77.7 Å². The molecule has 0 aliphatic carbocycles. The number of fused-ring (bicyclic) bond motifs is 2. The van der Waals surface area contributed by atoms with Gasteiger partial charge in [0.15, 0.2) is 0 Å². The van der Waals surface area contributed by atoms with Gasteiger partial charge in [0.25, 0.3) is 0 Å². The number of hydrogen-bond acceptors (Lipinski definition) is 1. The van der Waals surface area contributed by atoms with E-state index < -0.39 is 0 Å². The van der Waals surface area contributed by atoms with Crippen LogP contribution in [0.4, 0.5) is 0 Å². The maximum atomic E-state index is 4.81. The molecule has 3 aromatic rings. The summed E-state index contributed by atoms with van der Waals surface area (Å²) in [7, 11) is 0. The number of aromatic nitrogens is 1. The Hall–Kier alpha value is -0.930. The minimum absolute atomic E-state index is 1.02. The van der Waals surface area contributed by atoms with Crippen LogP contribution >= 0.6 is 31.9 Å². The number of hydrogen-bond donors (Lipinski definition) is 0. The Morgan fingerprint density at radius 1 is 0.842 bits per heavy atom. The second-order valence-electron chi connectivity index (χ2n) is 4.97. The van der Waals surface area contributed by atoms with Crippen molar-refractivity contribution in [2.45, 2.75) is 20.8 Å². The Morgan fingerprint density at radius 2 is 1.53 bits per heavy atom. The zero-order valence-corrected chi connectivity index (χ0v) is 14.2. The van der Waals surface area contributed by atoms with E-state index in [0.29, 0.717) is 0 Å². The molecular formula is C16H13Br2N. The monoisotopic (exact) mass is 377 g/mol. The van der Waals surface area contributed by atoms with Crippen LogP contribution in [-0.2, 0) is 0 Å². The summed E-state index contributed by atoms with van der Waals surface area (Å²) in [5.74, 6) is 0. The van der Waals surface area contributed by atoms with Gasteiger partial charge in [-0.15, -0.1) is 0 Å². The van der Waals surface area contributed by atoms with E-state index in [1.807, 2.05) is 6.07 Å². The molecule has 1 nitrogen and oxygen atoms in total. The van der Waals surface area contributed by atoms with Gasteiger partial charge in [0.1, 0.15) is 0 Å². The first-order chi connectivity index (χ1) is 8.97. The quantitative estimate of drug-likeness (QED) is 0.448. The molecule has 0 amide bonds. The molecule has 0 atom stereocenters. The van der Waals surface area contributed by atoms with Crippen molar-refractivity contribution in [3.05, 3.63) is 49.9 Å². The van der Waals surface area contributed by atoms with Gasteiger partial charge in [0, 0.05) is 19.7 Å². The van der Waals surface area contributed by atoms with Crippen LogP contribution in [0.5, 0.6) is 0 Å². The van der Waals surface area contributed by atoms with Crippen molar-refractivity contribution in [3.8, 4) is 0 Å². The first-order valence-corrected chi connectivity index (χ1v) is 7.72. The van der Waals surface area contributed by atoms with Crippen LogP contribution in [0.2, 0.25) is 0 Å². The van der Waals surface area contributed by atoms with Crippen molar-refractivity contribution >= 4 is 53.7 Å². The Bertz CT molecular complexity index is 822. The van der Waals surface area contributed by atoms with E-state index in [4.69, 9.17) is 4.98 Å². The van der Waals surface area contributed by atoms with Crippen molar-refractivity contribution in [1.29, 1.82) is 0 Å². The lowest BCUT2D eigenvalue weighted by Gasteiger charge is -2.11. The third kappa shape index (κ3) is 2.09. The predicted octanol–water partition coefficient (Wildman–Crippen LogP) is 5.84. The van der Waals surface area contributed by atoms with E-state index in [1.165, 1.54) is 27.5 Å². The summed E-state index contributed by atoms with van der Waals surface area (Å²) in [6.07, 6.45) is 0. The summed E-state index contributed by atoms with van der Waals surface area (Å²) in [5, 5.41) is 2.43. The molecule has 1 heterocycles. The molecule has 3 heteroatoms. The molecule has 0 bridgehead atoms. The molecule has 0 spiro atoms. The summed E-state index contributed by atoms with van der Waals surface area (Å²) in [6.45, 7) is 6.45. The molecule has 3 rings (SSSR count). The van der Waals surface area contributed by atoms with Crippen LogP contribution < -0.4 is 0 Å². The van der Waals surface area contributed by atoms with Crippen molar-refractivity contribution in [3.63, 3.8) is 0 Å². The second-order valence-corrected chi connectivity index (χ2v) is 6.74. The van der Waals surface area contributed by atoms with E-state index in [0.717, 1.165) is 20.0 Å². The van der Waals surface area contributed by atoms with Gasteiger partial charge < -0.3 is 0 Å². The highest BCUT2D eigenvalue weighted by Gasteiger charge is 2.10. The molecule has 19 heavy (non-hydrogen) atoms. The van der Waals surface area contributed by atoms with Gasteiger partial charge in [-0.25, -0.2) is 4.98 Å². The minimum atomic E-state index is 1.02. The highest BCUT2D eigenvalue weighted by Crippen LogP contribution is 2.33. The van der Waals surface area contributed by atoms with Gasteiger partial charge in [0.05, 0.1) is 11.0 Å². The third-order valence-electron chi connectivity index (χ3n) is 3.68. The highest BCUT2D eigenvalue weighted by atomic mass is 79.9. The fourth-order valence-corrected chi connectivity index (χ4v) is 3.74. The molecule has 0 N–H and O–H groups in total. The first-order valence-electron chi connectivity index (χ1n) is 6.13. The average Bonchev–Trinajstić information content (AvgIpc) is 2.34. The molecule has 0 saturated heterocycles. The van der Waals surface area contributed by atoms with E-state index in [9.17, 15) is 0 Å². The zero-order chi connectivity index (χ0) is 13.7. The molecular weight excluding hydrogens is 366 g/mol. The van der Waals surface area contributed by atoms with Crippen molar-refractivity contribution < 1.29 is 0 Å². The van der Waals surface area contributed by atoms with E-state index in [-0.39, 0.29) is 0 Å². The Balaban J connectivity index is 2.56. The predicted molar refractivity (Wildman–Crippen MR) is 88.9 cm³/mol. The number of halogens is 2. The Kier molecular flexibility index (Phi) is 3.14. The summed E-state index contributed by atoms with van der Waals surface area (Å²) >= 11 is 7.16. The van der Waals surface area contributed by atoms with E-state index in [2.05, 4.69) is 70.8 Å². The smallest absolute Gasteiger partial charge is 0.0855 e. The lowest BCUT2D eigenvalue weighted by atomic mass is 10.00. The highest BCUT2D eigenvalue weighted by molar-refractivity contribution is 9.11. The molecule has 0 saturated carbocycles. The van der Waals surface area contributed by atoms with Crippen molar-refractivity contribution in [2.24, 2.45) is 0 Å². The lowest BCUT2D eigenvalue weighted by molar-refractivity contribution is 1.34. The molecule has 96 valence electrons. The number of pyridine rings is 1. The lowest BCUT2D eigenvalue weighted by Crippen LogP contribution is -1.91. The molecule has 0 radical (unpaired) electrons. The normalized spacial score (nSPS) is 11.4. The first kappa shape index (κ1) is 13.1. The number of rotatable bonds is 0. The van der Waals surface area contributed by atoms with Crippen LogP contribution in [0.3, 0.4) is 0 Å². The van der Waals surface area contributed by atoms with E-state index in [1.54, 1.807) is 0 Å². The maximum Gasteiger partial charge on any atom is 0.0855 e. The van der Waals surface area contributed by atoms with Crippen LogP contribution in [0, 0.1) is 20.8 Å². The van der Waals surface area contributed by atoms with Crippen molar-refractivity contribution in [1.82, 2.24) is 4.98 Å². The summed E-state index contributed by atoms with van der Waals surface area (Å²) in [5.41, 5.74) is 5.97. The number of benzene rings is 2. The van der Waals surface area contributed by atoms with Gasteiger partial charge in [-0.2, -0.15) is 0 Å². The largest absolute Gasteiger partial charge is 0.247 e. The van der Waals surface area contributed by atoms with Crippen LogP contribution in [-0.4, -0.2) is 4.98 Å². The molecule has 0 aliphatic rings. The standard InChI is InChI=1S/C16H13Br2N/c1-8-4-12-10(3)13-6-11(17)7-14(18)16(13)19-15(12)5-9(8)2/h4-7H,1-3H3. The van der Waals surface area contributed by atoms with Gasteiger partial charge in [0.2, 0.25) is 0 Å². The van der Waals surface area contributed by atoms with Gasteiger partial charge in [-0.3, -0.25) is 0 Å². The number of aryl methyl sites for hydroxylation is 3. The third-order valence-corrected chi connectivity index (χ3v) is 4.74. The summed E-state index contributed by atoms with van der Waals surface area (Å²) in [6, 6.07) is 8.59. The van der Waals surface area contributed by atoms with Crippen LogP contribution in [0.15, 0.2) is 33.2 Å². The maximum absolute atomic E-state index is 4.81. The Labute approximate surface area is 129 Å². The van der Waals surface area contributed by atoms with Crippen molar-refractivity contribution in [2.75, 3.05) is 0 Å². The second kappa shape index (κ2) is 4.57. The van der Waals surface area contributed by atoms with E-state index >= 15 is 0 Å². The molecule has 1 aromatic heterocycles. The molecule has 0 aliphatic heterocycles. The fraction of sp³-hybridized carbons (Fsp3) is 0.188. The van der Waals surface area contributed by atoms with Crippen LogP contribution in [0.25, 0.3) is 21.8 Å². The SMILES string of the molecule is Cc1cc2nc3c(Br)cc(Br)cc3c(C)c2cc1C. The zero-order valence-electron chi connectivity index (χ0n) is 11.0. The van der Waals surface area contributed by atoms with Gasteiger partial charge >= 0.3 is 0 Å². The molecule has 0 fully saturated rings. The minimum Gasteiger partial charge on any atom is -0.247 e. The van der Waals surface area contributed by atoms with Gasteiger partial charge in [-0.1, -0.05) is 15.9 Å². The molecule has 2 aromatic carbocycles. The fourth-order valence-electron chi connectivity index (χ4n) is 2.42. The average molecular weight is 379 g/mol. The summed E-state index contributed by atoms with van der Waals surface area (Å²) < 4.78 is 2.10.